The van der Waals surface area contributed by atoms with Crippen LogP contribution in [-0.4, -0.2) is 13.5 Å². The fourth-order valence-electron chi connectivity index (χ4n) is 2.92. The molecule has 5 heteroatoms. The largest absolute Gasteiger partial charge is 0.473 e. The summed E-state index contributed by atoms with van der Waals surface area (Å²) in [5.74, 6) is 2.50. The van der Waals surface area contributed by atoms with E-state index in [2.05, 4.69) is 4.90 Å². The molecular formula is C17H16ClNO3. The smallest absolute Gasteiger partial charge is 0.231 e. The average Bonchev–Trinajstić information content (AvgIpc) is 3.00. The van der Waals surface area contributed by atoms with Crippen LogP contribution in [0.3, 0.4) is 0 Å². The Labute approximate surface area is 134 Å². The highest BCUT2D eigenvalue weighted by Gasteiger charge is 2.23. The van der Waals surface area contributed by atoms with Crippen LogP contribution in [0.25, 0.3) is 0 Å². The molecule has 4 nitrogen and oxygen atoms in total. The molecule has 22 heavy (non-hydrogen) atoms. The van der Waals surface area contributed by atoms with Crippen LogP contribution in [0.1, 0.15) is 16.7 Å². The second-order valence-corrected chi connectivity index (χ2v) is 6.00. The first-order valence-electron chi connectivity index (χ1n) is 7.19. The predicted octanol–water partition coefficient (Wildman–Crippen LogP) is 4.04. The summed E-state index contributed by atoms with van der Waals surface area (Å²) in [7, 11) is 0. The van der Waals surface area contributed by atoms with Crippen LogP contribution in [0.4, 0.5) is 5.69 Å². The summed E-state index contributed by atoms with van der Waals surface area (Å²) in [6.45, 7) is 5.60. The van der Waals surface area contributed by atoms with Crippen molar-refractivity contribution in [3.8, 4) is 17.2 Å². The lowest BCUT2D eigenvalue weighted by Crippen LogP contribution is -2.32. The Balaban J connectivity index is 1.68. The van der Waals surface area contributed by atoms with Crippen molar-refractivity contribution in [2.24, 2.45) is 0 Å². The molecule has 0 unspecified atom stereocenters. The minimum atomic E-state index is 0.284. The Morgan fingerprint density at radius 1 is 1.00 bits per heavy atom. The van der Waals surface area contributed by atoms with E-state index in [1.54, 1.807) is 0 Å². The van der Waals surface area contributed by atoms with Crippen molar-refractivity contribution in [1.82, 2.24) is 0 Å². The van der Waals surface area contributed by atoms with Gasteiger partial charge in [0, 0.05) is 22.3 Å². The molecule has 0 saturated heterocycles. The molecule has 0 bridgehead atoms. The van der Waals surface area contributed by atoms with E-state index < -0.39 is 0 Å². The minimum Gasteiger partial charge on any atom is -0.473 e. The molecule has 2 aromatic carbocycles. The van der Waals surface area contributed by atoms with Gasteiger partial charge in [-0.15, -0.1) is 0 Å². The second-order valence-electron chi connectivity index (χ2n) is 5.62. The van der Waals surface area contributed by atoms with Crippen molar-refractivity contribution in [3.05, 3.63) is 46.0 Å². The number of benzene rings is 2. The lowest BCUT2D eigenvalue weighted by atomic mass is 10.0. The molecule has 0 amide bonds. The number of anilines is 1. The van der Waals surface area contributed by atoms with Gasteiger partial charge in [0.2, 0.25) is 6.79 Å². The van der Waals surface area contributed by atoms with Crippen LogP contribution >= 0.6 is 11.6 Å². The SMILES string of the molecule is Cc1cc2c(c(C)c1Cl)CN(c1ccc3c(c1)OCO3)CO2. The first kappa shape index (κ1) is 13.6. The standard InChI is InChI=1S/C17H16ClNO3/c1-10-5-15-13(11(2)17(10)18)7-19(8-20-15)12-3-4-14-16(6-12)22-9-21-14/h3-6H,7-9H2,1-2H3. The van der Waals surface area contributed by atoms with Crippen molar-refractivity contribution in [1.29, 1.82) is 0 Å². The molecule has 4 rings (SSSR count). The summed E-state index contributed by atoms with van der Waals surface area (Å²) in [6.07, 6.45) is 0. The molecule has 2 aromatic rings. The summed E-state index contributed by atoms with van der Waals surface area (Å²) < 4.78 is 16.7. The lowest BCUT2D eigenvalue weighted by molar-refractivity contribution is 0.174. The molecular weight excluding hydrogens is 302 g/mol. The molecule has 0 saturated carbocycles. The molecule has 114 valence electrons. The predicted molar refractivity (Wildman–Crippen MR) is 85.2 cm³/mol. The summed E-state index contributed by atoms with van der Waals surface area (Å²) in [6, 6.07) is 7.96. The van der Waals surface area contributed by atoms with Crippen molar-refractivity contribution in [3.63, 3.8) is 0 Å². The average molecular weight is 318 g/mol. The van der Waals surface area contributed by atoms with Gasteiger partial charge >= 0.3 is 0 Å². The summed E-state index contributed by atoms with van der Waals surface area (Å²) >= 11 is 6.37. The fraction of sp³-hybridized carbons (Fsp3) is 0.294. The van der Waals surface area contributed by atoms with Gasteiger partial charge in [0.25, 0.3) is 0 Å². The Morgan fingerprint density at radius 3 is 2.68 bits per heavy atom. The zero-order chi connectivity index (χ0) is 15.3. The fourth-order valence-corrected chi connectivity index (χ4v) is 3.09. The van der Waals surface area contributed by atoms with E-state index in [9.17, 15) is 0 Å². The maximum absolute atomic E-state index is 6.37. The van der Waals surface area contributed by atoms with E-state index in [0.717, 1.165) is 51.2 Å². The molecule has 2 heterocycles. The van der Waals surface area contributed by atoms with Crippen LogP contribution < -0.4 is 19.1 Å². The van der Waals surface area contributed by atoms with Crippen LogP contribution in [0.2, 0.25) is 5.02 Å². The van der Waals surface area contributed by atoms with Crippen molar-refractivity contribution in [2.75, 3.05) is 18.4 Å². The number of hydrogen-bond acceptors (Lipinski definition) is 4. The molecule has 0 fully saturated rings. The van der Waals surface area contributed by atoms with Gasteiger partial charge in [-0.3, -0.25) is 0 Å². The highest BCUT2D eigenvalue weighted by molar-refractivity contribution is 6.32. The van der Waals surface area contributed by atoms with Crippen molar-refractivity contribution in [2.45, 2.75) is 20.4 Å². The molecule has 0 radical (unpaired) electrons. The molecule has 0 aliphatic carbocycles. The van der Waals surface area contributed by atoms with Gasteiger partial charge in [-0.1, -0.05) is 11.6 Å². The second kappa shape index (κ2) is 4.99. The third-order valence-electron chi connectivity index (χ3n) is 4.22. The summed E-state index contributed by atoms with van der Waals surface area (Å²) in [5, 5.41) is 0.815. The number of nitrogens with zero attached hydrogens (tertiary/aromatic N) is 1. The molecule has 0 N–H and O–H groups in total. The molecule has 2 aliphatic heterocycles. The number of hydrogen-bond donors (Lipinski definition) is 0. The summed E-state index contributed by atoms with van der Waals surface area (Å²) in [4.78, 5) is 2.16. The number of fused-ring (bicyclic) bond motifs is 2. The maximum atomic E-state index is 6.37. The molecule has 0 spiro atoms. The first-order chi connectivity index (χ1) is 10.6. The maximum Gasteiger partial charge on any atom is 0.231 e. The van der Waals surface area contributed by atoms with E-state index in [1.165, 1.54) is 0 Å². The Hall–Kier alpha value is -2.07. The number of aryl methyl sites for hydroxylation is 1. The zero-order valence-electron chi connectivity index (χ0n) is 12.5. The van der Waals surface area contributed by atoms with Crippen LogP contribution in [0, 0.1) is 13.8 Å². The topological polar surface area (TPSA) is 30.9 Å². The number of halogens is 1. The van der Waals surface area contributed by atoms with E-state index in [1.807, 2.05) is 38.1 Å². The van der Waals surface area contributed by atoms with Crippen LogP contribution in [-0.2, 0) is 6.54 Å². The quantitative estimate of drug-likeness (QED) is 0.794. The van der Waals surface area contributed by atoms with E-state index in [-0.39, 0.29) is 6.79 Å². The Kier molecular flexibility index (Phi) is 3.08. The van der Waals surface area contributed by atoms with Crippen molar-refractivity contribution >= 4 is 17.3 Å². The van der Waals surface area contributed by atoms with Gasteiger partial charge in [0.05, 0.1) is 6.54 Å². The van der Waals surface area contributed by atoms with E-state index in [0.29, 0.717) is 6.73 Å². The Morgan fingerprint density at radius 2 is 1.82 bits per heavy atom. The van der Waals surface area contributed by atoms with Crippen molar-refractivity contribution < 1.29 is 14.2 Å². The van der Waals surface area contributed by atoms with Crippen LogP contribution in [0.15, 0.2) is 24.3 Å². The van der Waals surface area contributed by atoms with Gasteiger partial charge in [0.15, 0.2) is 18.2 Å². The van der Waals surface area contributed by atoms with Gasteiger partial charge < -0.3 is 19.1 Å². The lowest BCUT2D eigenvalue weighted by Gasteiger charge is -2.32. The zero-order valence-corrected chi connectivity index (χ0v) is 13.2. The molecule has 0 atom stereocenters. The number of rotatable bonds is 1. The highest BCUT2D eigenvalue weighted by atomic mass is 35.5. The molecule has 0 aromatic heterocycles. The van der Waals surface area contributed by atoms with Gasteiger partial charge in [-0.25, -0.2) is 0 Å². The van der Waals surface area contributed by atoms with Gasteiger partial charge in [-0.2, -0.15) is 0 Å². The third kappa shape index (κ3) is 2.06. The highest BCUT2D eigenvalue weighted by Crippen LogP contribution is 2.39. The monoisotopic (exact) mass is 317 g/mol. The minimum absolute atomic E-state index is 0.284. The van der Waals surface area contributed by atoms with E-state index in [4.69, 9.17) is 25.8 Å². The normalized spacial score (nSPS) is 15.5. The van der Waals surface area contributed by atoms with E-state index >= 15 is 0 Å². The van der Waals surface area contributed by atoms with Crippen LogP contribution in [0.5, 0.6) is 17.2 Å². The summed E-state index contributed by atoms with van der Waals surface area (Å²) in [5.41, 5.74) is 4.32. The molecule has 2 aliphatic rings. The van der Waals surface area contributed by atoms with Gasteiger partial charge in [-0.05, 0) is 43.2 Å². The van der Waals surface area contributed by atoms with Gasteiger partial charge in [0.1, 0.15) is 5.75 Å². The number of ether oxygens (including phenoxy) is 3. The first-order valence-corrected chi connectivity index (χ1v) is 7.57. The third-order valence-corrected chi connectivity index (χ3v) is 4.80. The Bertz CT molecular complexity index is 760.